The summed E-state index contributed by atoms with van der Waals surface area (Å²) in [6.45, 7) is 1.80. The van der Waals surface area contributed by atoms with Crippen molar-refractivity contribution in [2.45, 2.75) is 12.5 Å². The van der Waals surface area contributed by atoms with Gasteiger partial charge < -0.3 is 14.4 Å². The Balaban J connectivity index is 1.68. The molecule has 0 fully saturated rings. The molecule has 3 rings (SSSR count). The fourth-order valence-electron chi connectivity index (χ4n) is 2.91. The molecule has 2 aromatic rings. The molecule has 0 saturated heterocycles. The second-order valence-corrected chi connectivity index (χ2v) is 5.70. The van der Waals surface area contributed by atoms with Crippen molar-refractivity contribution in [3.05, 3.63) is 47.8 Å². The average Bonchev–Trinajstić information content (AvgIpc) is 2.95. The van der Waals surface area contributed by atoms with E-state index in [9.17, 15) is 4.79 Å². The van der Waals surface area contributed by atoms with Gasteiger partial charge in [-0.15, -0.1) is 0 Å². The van der Waals surface area contributed by atoms with Gasteiger partial charge in [0.2, 0.25) is 0 Å². The Labute approximate surface area is 135 Å². The van der Waals surface area contributed by atoms with E-state index in [-0.39, 0.29) is 18.4 Å². The van der Waals surface area contributed by atoms with Crippen molar-refractivity contribution < 1.29 is 14.3 Å². The summed E-state index contributed by atoms with van der Waals surface area (Å²) in [5.74, 6) is 0.826. The highest BCUT2D eigenvalue weighted by molar-refractivity contribution is 5.78. The number of fused-ring (bicyclic) bond motifs is 1. The Morgan fingerprint density at radius 2 is 2.13 bits per heavy atom. The summed E-state index contributed by atoms with van der Waals surface area (Å²) >= 11 is 0. The summed E-state index contributed by atoms with van der Waals surface area (Å²) in [6, 6.07) is 9.37. The van der Waals surface area contributed by atoms with E-state index in [1.165, 1.54) is 5.56 Å². The quantitative estimate of drug-likeness (QED) is 0.840. The molecule has 1 aromatic heterocycles. The monoisotopic (exact) mass is 315 g/mol. The third kappa shape index (κ3) is 3.37. The fourth-order valence-corrected chi connectivity index (χ4v) is 2.91. The lowest BCUT2D eigenvalue weighted by Gasteiger charge is -2.32. The normalized spacial score (nSPS) is 17.0. The zero-order valence-corrected chi connectivity index (χ0v) is 13.4. The minimum Gasteiger partial charge on any atom is -0.484 e. The predicted octanol–water partition coefficient (Wildman–Crippen LogP) is 1.57. The molecular weight excluding hydrogens is 294 g/mol. The number of carbonyl (C=O) groups is 1. The summed E-state index contributed by atoms with van der Waals surface area (Å²) in [5.41, 5.74) is 2.23. The van der Waals surface area contributed by atoms with Crippen LogP contribution in [0.4, 0.5) is 0 Å². The van der Waals surface area contributed by atoms with Crippen LogP contribution in [0.5, 0.6) is 5.75 Å². The minimum atomic E-state index is -0.0261. The van der Waals surface area contributed by atoms with E-state index in [2.05, 4.69) is 5.10 Å². The standard InChI is InChI=1S/C17H21N3O3/c1-19-16-10-20(9-13(11-22-2)15(16)8-18-19)17(21)12-23-14-6-4-3-5-7-14/h3-8,13H,9-12H2,1-2H3/t13-/m0/s1. The molecule has 2 heterocycles. The first-order valence-corrected chi connectivity index (χ1v) is 7.64. The molecule has 0 aliphatic carbocycles. The lowest BCUT2D eigenvalue weighted by Crippen LogP contribution is -2.42. The van der Waals surface area contributed by atoms with Crippen molar-refractivity contribution >= 4 is 5.91 Å². The number of hydrogen-bond donors (Lipinski definition) is 0. The van der Waals surface area contributed by atoms with Gasteiger partial charge in [0, 0.05) is 32.2 Å². The number of rotatable bonds is 5. The van der Waals surface area contributed by atoms with Crippen LogP contribution in [0, 0.1) is 0 Å². The largest absolute Gasteiger partial charge is 0.484 e. The number of carbonyl (C=O) groups excluding carboxylic acids is 1. The van der Waals surface area contributed by atoms with Crippen molar-refractivity contribution in [3.8, 4) is 5.75 Å². The first-order chi connectivity index (χ1) is 11.2. The van der Waals surface area contributed by atoms with E-state index >= 15 is 0 Å². The van der Waals surface area contributed by atoms with Crippen molar-refractivity contribution in [2.24, 2.45) is 7.05 Å². The van der Waals surface area contributed by atoms with Crippen LogP contribution in [0.1, 0.15) is 17.2 Å². The molecule has 1 aliphatic heterocycles. The zero-order chi connectivity index (χ0) is 16.2. The molecule has 6 nitrogen and oxygen atoms in total. The maximum absolute atomic E-state index is 12.5. The maximum atomic E-state index is 12.5. The Kier molecular flexibility index (Phi) is 4.62. The van der Waals surface area contributed by atoms with Gasteiger partial charge in [-0.25, -0.2) is 0 Å². The van der Waals surface area contributed by atoms with Gasteiger partial charge in [-0.2, -0.15) is 5.10 Å². The summed E-state index contributed by atoms with van der Waals surface area (Å²) in [5, 5.41) is 4.31. The zero-order valence-electron chi connectivity index (χ0n) is 13.4. The number of para-hydroxylation sites is 1. The summed E-state index contributed by atoms with van der Waals surface area (Å²) in [7, 11) is 3.58. The molecule has 122 valence electrons. The van der Waals surface area contributed by atoms with Crippen molar-refractivity contribution in [3.63, 3.8) is 0 Å². The predicted molar refractivity (Wildman–Crippen MR) is 85.2 cm³/mol. The number of ether oxygens (including phenoxy) is 2. The highest BCUT2D eigenvalue weighted by Gasteiger charge is 2.30. The number of methoxy groups -OCH3 is 1. The van der Waals surface area contributed by atoms with E-state index in [1.54, 1.807) is 7.11 Å². The topological polar surface area (TPSA) is 56.6 Å². The number of benzene rings is 1. The van der Waals surface area contributed by atoms with E-state index in [0.717, 1.165) is 5.69 Å². The first-order valence-electron chi connectivity index (χ1n) is 7.64. The Morgan fingerprint density at radius 1 is 1.35 bits per heavy atom. The van der Waals surface area contributed by atoms with Gasteiger partial charge in [0.1, 0.15) is 5.75 Å². The molecule has 1 aliphatic rings. The smallest absolute Gasteiger partial charge is 0.260 e. The van der Waals surface area contributed by atoms with Gasteiger partial charge in [-0.3, -0.25) is 9.48 Å². The third-order valence-corrected chi connectivity index (χ3v) is 4.14. The van der Waals surface area contributed by atoms with Crippen LogP contribution in [-0.2, 0) is 23.1 Å². The molecule has 0 unspecified atom stereocenters. The second kappa shape index (κ2) is 6.83. The molecule has 0 radical (unpaired) electrons. The molecular formula is C17H21N3O3. The van der Waals surface area contributed by atoms with Crippen LogP contribution in [-0.4, -0.2) is 47.5 Å². The molecule has 1 atom stereocenters. The van der Waals surface area contributed by atoms with E-state index in [1.807, 2.05) is 53.2 Å². The van der Waals surface area contributed by atoms with Gasteiger partial charge in [0.05, 0.1) is 25.0 Å². The van der Waals surface area contributed by atoms with Crippen LogP contribution < -0.4 is 4.74 Å². The Hall–Kier alpha value is -2.34. The fraction of sp³-hybridized carbons (Fsp3) is 0.412. The van der Waals surface area contributed by atoms with Crippen LogP contribution >= 0.6 is 0 Å². The molecule has 0 bridgehead atoms. The average molecular weight is 315 g/mol. The van der Waals surface area contributed by atoms with Crippen molar-refractivity contribution in [2.75, 3.05) is 26.9 Å². The number of nitrogens with zero attached hydrogens (tertiary/aromatic N) is 3. The van der Waals surface area contributed by atoms with Gasteiger partial charge >= 0.3 is 0 Å². The van der Waals surface area contributed by atoms with Crippen LogP contribution in [0.2, 0.25) is 0 Å². The molecule has 6 heteroatoms. The lowest BCUT2D eigenvalue weighted by atomic mass is 9.95. The molecule has 0 saturated carbocycles. The summed E-state index contributed by atoms with van der Waals surface area (Å²) in [6.07, 6.45) is 1.88. The maximum Gasteiger partial charge on any atom is 0.260 e. The minimum absolute atomic E-state index is 0.0261. The number of amides is 1. The number of aromatic nitrogens is 2. The highest BCUT2D eigenvalue weighted by atomic mass is 16.5. The summed E-state index contributed by atoms with van der Waals surface area (Å²) < 4.78 is 12.7. The highest BCUT2D eigenvalue weighted by Crippen LogP contribution is 2.28. The lowest BCUT2D eigenvalue weighted by molar-refractivity contribution is -0.135. The first kappa shape index (κ1) is 15.6. The van der Waals surface area contributed by atoms with E-state index < -0.39 is 0 Å². The Bertz CT molecular complexity index is 669. The second-order valence-electron chi connectivity index (χ2n) is 5.70. The molecule has 0 N–H and O–H groups in total. The van der Waals surface area contributed by atoms with Gasteiger partial charge in [-0.1, -0.05) is 18.2 Å². The third-order valence-electron chi connectivity index (χ3n) is 4.14. The molecule has 1 amide bonds. The molecule has 0 spiro atoms. The van der Waals surface area contributed by atoms with E-state index in [0.29, 0.717) is 25.4 Å². The molecule has 1 aromatic carbocycles. The molecule has 23 heavy (non-hydrogen) atoms. The van der Waals surface area contributed by atoms with E-state index in [4.69, 9.17) is 9.47 Å². The van der Waals surface area contributed by atoms with Gasteiger partial charge in [0.25, 0.3) is 5.91 Å². The van der Waals surface area contributed by atoms with Gasteiger partial charge in [0.15, 0.2) is 6.61 Å². The van der Waals surface area contributed by atoms with Gasteiger partial charge in [-0.05, 0) is 12.1 Å². The van der Waals surface area contributed by atoms with Crippen molar-refractivity contribution in [1.29, 1.82) is 0 Å². The van der Waals surface area contributed by atoms with Crippen LogP contribution in [0.3, 0.4) is 0 Å². The summed E-state index contributed by atoms with van der Waals surface area (Å²) in [4.78, 5) is 14.3. The Morgan fingerprint density at radius 3 is 2.87 bits per heavy atom. The van der Waals surface area contributed by atoms with Crippen molar-refractivity contribution in [1.82, 2.24) is 14.7 Å². The van der Waals surface area contributed by atoms with Crippen LogP contribution in [0.15, 0.2) is 36.5 Å². The van der Waals surface area contributed by atoms with Crippen LogP contribution in [0.25, 0.3) is 0 Å². The number of hydrogen-bond acceptors (Lipinski definition) is 4. The number of aryl methyl sites for hydroxylation is 1. The SMILES string of the molecule is COC[C@@H]1CN(C(=O)COc2ccccc2)Cc2c1cnn2C.